The van der Waals surface area contributed by atoms with E-state index in [1.54, 1.807) is 0 Å². The number of aliphatic hydroxyl groups is 1. The van der Waals surface area contributed by atoms with Gasteiger partial charge in [0.1, 0.15) is 0 Å². The SMILES string of the molecule is CC(O)c1cccc(SC2CCCCCC2)c1. The molecule has 1 unspecified atom stereocenters. The Balaban J connectivity index is 1.99. The smallest absolute Gasteiger partial charge is 0.0762 e. The van der Waals surface area contributed by atoms with Crippen LogP contribution in [0.1, 0.15) is 57.1 Å². The molecule has 1 fully saturated rings. The maximum atomic E-state index is 9.59. The molecule has 17 heavy (non-hydrogen) atoms. The first-order valence-electron chi connectivity index (χ1n) is 6.70. The Hall–Kier alpha value is -0.470. The summed E-state index contributed by atoms with van der Waals surface area (Å²) in [4.78, 5) is 1.32. The van der Waals surface area contributed by atoms with Crippen LogP contribution >= 0.6 is 11.8 Å². The number of aliphatic hydroxyl groups excluding tert-OH is 1. The second kappa shape index (κ2) is 6.46. The summed E-state index contributed by atoms with van der Waals surface area (Å²) >= 11 is 2.00. The van der Waals surface area contributed by atoms with Crippen LogP contribution in [0.4, 0.5) is 0 Å². The van der Waals surface area contributed by atoms with E-state index in [1.165, 1.54) is 43.4 Å². The van der Waals surface area contributed by atoms with Gasteiger partial charge in [0, 0.05) is 10.1 Å². The highest BCUT2D eigenvalue weighted by Crippen LogP contribution is 2.33. The first-order chi connectivity index (χ1) is 8.25. The fourth-order valence-corrected chi connectivity index (χ4v) is 3.72. The molecule has 1 aliphatic rings. The summed E-state index contributed by atoms with van der Waals surface area (Å²) in [5.41, 5.74) is 1.03. The maximum Gasteiger partial charge on any atom is 0.0762 e. The molecule has 1 aromatic carbocycles. The van der Waals surface area contributed by atoms with Crippen molar-refractivity contribution in [1.29, 1.82) is 0 Å². The third-order valence-corrected chi connectivity index (χ3v) is 4.78. The average Bonchev–Trinajstić information content (AvgIpc) is 2.58. The lowest BCUT2D eigenvalue weighted by Crippen LogP contribution is -2.00. The van der Waals surface area contributed by atoms with Crippen LogP contribution < -0.4 is 0 Å². The van der Waals surface area contributed by atoms with Gasteiger partial charge in [-0.1, -0.05) is 37.8 Å². The van der Waals surface area contributed by atoms with Crippen LogP contribution in [0.2, 0.25) is 0 Å². The molecule has 1 aromatic rings. The van der Waals surface area contributed by atoms with Crippen molar-refractivity contribution in [3.63, 3.8) is 0 Å². The quantitative estimate of drug-likeness (QED) is 0.794. The van der Waals surface area contributed by atoms with Gasteiger partial charge in [-0.25, -0.2) is 0 Å². The summed E-state index contributed by atoms with van der Waals surface area (Å²) in [5.74, 6) is 0. The zero-order chi connectivity index (χ0) is 12.1. The molecule has 1 aliphatic carbocycles. The van der Waals surface area contributed by atoms with Crippen molar-refractivity contribution in [3.05, 3.63) is 29.8 Å². The lowest BCUT2D eigenvalue weighted by Gasteiger charge is -2.14. The molecule has 1 saturated carbocycles. The molecule has 0 amide bonds. The number of hydrogen-bond acceptors (Lipinski definition) is 2. The summed E-state index contributed by atoms with van der Waals surface area (Å²) in [6.07, 6.45) is 7.93. The minimum absolute atomic E-state index is 0.357. The Kier molecular flexibility index (Phi) is 4.93. The number of hydrogen-bond donors (Lipinski definition) is 1. The highest BCUT2D eigenvalue weighted by atomic mass is 32.2. The fourth-order valence-electron chi connectivity index (χ4n) is 2.40. The van der Waals surface area contributed by atoms with E-state index in [1.807, 2.05) is 24.8 Å². The minimum atomic E-state index is -0.357. The monoisotopic (exact) mass is 250 g/mol. The summed E-state index contributed by atoms with van der Waals surface area (Å²) in [6.45, 7) is 1.83. The molecule has 1 nitrogen and oxygen atoms in total. The summed E-state index contributed by atoms with van der Waals surface area (Å²) in [5, 5.41) is 10.4. The molecular formula is C15H22OS. The molecule has 0 spiro atoms. The fraction of sp³-hybridized carbons (Fsp3) is 0.600. The predicted molar refractivity (Wildman–Crippen MR) is 74.4 cm³/mol. The molecule has 0 bridgehead atoms. The standard InChI is InChI=1S/C15H22OS/c1-12(16)13-7-6-10-15(11-13)17-14-8-4-2-3-5-9-14/h6-7,10-12,14,16H,2-5,8-9H2,1H3. The van der Waals surface area contributed by atoms with Gasteiger partial charge in [-0.3, -0.25) is 0 Å². The summed E-state index contributed by atoms with van der Waals surface area (Å²) in [7, 11) is 0. The largest absolute Gasteiger partial charge is 0.389 e. The van der Waals surface area contributed by atoms with Gasteiger partial charge in [-0.2, -0.15) is 0 Å². The predicted octanol–water partition coefficient (Wildman–Crippen LogP) is 4.55. The molecule has 0 aromatic heterocycles. The molecule has 1 atom stereocenters. The summed E-state index contributed by atoms with van der Waals surface area (Å²) < 4.78 is 0. The van der Waals surface area contributed by atoms with E-state index >= 15 is 0 Å². The van der Waals surface area contributed by atoms with Gasteiger partial charge < -0.3 is 5.11 Å². The molecule has 0 saturated heterocycles. The normalized spacial score (nSPS) is 19.9. The van der Waals surface area contributed by atoms with E-state index in [-0.39, 0.29) is 6.10 Å². The van der Waals surface area contributed by atoms with Crippen molar-refractivity contribution < 1.29 is 5.11 Å². The Morgan fingerprint density at radius 1 is 1.18 bits per heavy atom. The van der Waals surface area contributed by atoms with Crippen molar-refractivity contribution in [1.82, 2.24) is 0 Å². The van der Waals surface area contributed by atoms with Crippen LogP contribution in [0, 0.1) is 0 Å². The molecule has 1 N–H and O–H groups in total. The van der Waals surface area contributed by atoms with Gasteiger partial charge in [-0.15, -0.1) is 11.8 Å². The van der Waals surface area contributed by atoms with Crippen LogP contribution in [0.15, 0.2) is 29.2 Å². The highest BCUT2D eigenvalue weighted by molar-refractivity contribution is 8.00. The Morgan fingerprint density at radius 2 is 1.88 bits per heavy atom. The van der Waals surface area contributed by atoms with Gasteiger partial charge in [0.25, 0.3) is 0 Å². The lowest BCUT2D eigenvalue weighted by molar-refractivity contribution is 0.199. The van der Waals surface area contributed by atoms with Crippen molar-refractivity contribution >= 4 is 11.8 Å². The van der Waals surface area contributed by atoms with Gasteiger partial charge in [0.05, 0.1) is 6.10 Å². The van der Waals surface area contributed by atoms with Crippen molar-refractivity contribution in [3.8, 4) is 0 Å². The third kappa shape index (κ3) is 4.04. The molecule has 2 heteroatoms. The Labute approximate surface area is 109 Å². The van der Waals surface area contributed by atoms with E-state index in [0.29, 0.717) is 0 Å². The zero-order valence-electron chi connectivity index (χ0n) is 10.6. The highest BCUT2D eigenvalue weighted by Gasteiger charge is 2.13. The van der Waals surface area contributed by atoms with E-state index in [2.05, 4.69) is 18.2 Å². The molecule has 0 radical (unpaired) electrons. The van der Waals surface area contributed by atoms with Crippen LogP contribution in [0.3, 0.4) is 0 Å². The lowest BCUT2D eigenvalue weighted by atomic mass is 10.1. The Bertz CT molecular complexity index is 341. The van der Waals surface area contributed by atoms with Crippen LogP contribution in [0.5, 0.6) is 0 Å². The van der Waals surface area contributed by atoms with E-state index in [9.17, 15) is 5.11 Å². The minimum Gasteiger partial charge on any atom is -0.389 e. The van der Waals surface area contributed by atoms with Gasteiger partial charge in [0.2, 0.25) is 0 Å². The third-order valence-electron chi connectivity index (χ3n) is 3.45. The van der Waals surface area contributed by atoms with Gasteiger partial charge in [-0.05, 0) is 37.5 Å². The van der Waals surface area contributed by atoms with Crippen molar-refractivity contribution in [2.24, 2.45) is 0 Å². The number of thioether (sulfide) groups is 1. The second-order valence-electron chi connectivity index (χ2n) is 4.98. The number of rotatable bonds is 3. The van der Waals surface area contributed by atoms with E-state index in [4.69, 9.17) is 0 Å². The van der Waals surface area contributed by atoms with E-state index < -0.39 is 0 Å². The zero-order valence-corrected chi connectivity index (χ0v) is 11.4. The first-order valence-corrected chi connectivity index (χ1v) is 7.58. The van der Waals surface area contributed by atoms with Crippen LogP contribution in [0.25, 0.3) is 0 Å². The molecule has 0 aliphatic heterocycles. The summed E-state index contributed by atoms with van der Waals surface area (Å²) in [6, 6.07) is 8.37. The molecular weight excluding hydrogens is 228 g/mol. The van der Waals surface area contributed by atoms with Crippen LogP contribution in [-0.2, 0) is 0 Å². The average molecular weight is 250 g/mol. The maximum absolute atomic E-state index is 9.59. The number of benzene rings is 1. The topological polar surface area (TPSA) is 20.2 Å². The Morgan fingerprint density at radius 3 is 2.53 bits per heavy atom. The van der Waals surface area contributed by atoms with Crippen molar-refractivity contribution in [2.45, 2.75) is 61.7 Å². The van der Waals surface area contributed by atoms with E-state index in [0.717, 1.165) is 10.8 Å². The van der Waals surface area contributed by atoms with Gasteiger partial charge in [0.15, 0.2) is 0 Å². The second-order valence-corrected chi connectivity index (χ2v) is 6.35. The molecule has 2 rings (SSSR count). The van der Waals surface area contributed by atoms with Crippen molar-refractivity contribution in [2.75, 3.05) is 0 Å². The van der Waals surface area contributed by atoms with Crippen LogP contribution in [-0.4, -0.2) is 10.4 Å². The molecule has 0 heterocycles. The van der Waals surface area contributed by atoms with Gasteiger partial charge >= 0.3 is 0 Å². The molecule has 94 valence electrons. The first kappa shape index (κ1) is 13.0.